The van der Waals surface area contributed by atoms with E-state index in [1.807, 2.05) is 54.7 Å². The van der Waals surface area contributed by atoms with E-state index in [0.29, 0.717) is 16.9 Å². The Morgan fingerprint density at radius 1 is 0.810 bits per heavy atom. The summed E-state index contributed by atoms with van der Waals surface area (Å²) in [5, 5.41) is 16.4. The zero-order valence-electron chi connectivity index (χ0n) is 22.4. The van der Waals surface area contributed by atoms with Crippen LogP contribution < -0.4 is 21.7 Å². The quantitative estimate of drug-likeness (QED) is 0.0970. The first-order valence-corrected chi connectivity index (χ1v) is 13.1. The molecule has 5 rings (SSSR count). The van der Waals surface area contributed by atoms with Crippen LogP contribution in [0, 0.1) is 5.41 Å². The van der Waals surface area contributed by atoms with Gasteiger partial charge in [0.15, 0.2) is 0 Å². The summed E-state index contributed by atoms with van der Waals surface area (Å²) in [6.07, 6.45) is 9.00. The van der Waals surface area contributed by atoms with Gasteiger partial charge in [-0.2, -0.15) is 0 Å². The van der Waals surface area contributed by atoms with Gasteiger partial charge < -0.3 is 31.7 Å². The molecule has 3 amide bonds. The number of benzene rings is 2. The third-order valence-corrected chi connectivity index (χ3v) is 6.30. The Balaban J connectivity index is 1.14. The van der Waals surface area contributed by atoms with Crippen molar-refractivity contribution in [2.45, 2.75) is 6.42 Å². The van der Waals surface area contributed by atoms with Gasteiger partial charge in [-0.1, -0.05) is 42.5 Å². The summed E-state index contributed by atoms with van der Waals surface area (Å²) in [5.74, 6) is -1.17. The highest BCUT2D eigenvalue weighted by Gasteiger charge is 2.14. The van der Waals surface area contributed by atoms with Gasteiger partial charge in [-0.05, 0) is 47.5 Å². The largest absolute Gasteiger partial charge is 0.388 e. The fourth-order valence-corrected chi connectivity index (χ4v) is 4.12. The molecule has 2 aromatic carbocycles. The van der Waals surface area contributed by atoms with Crippen LogP contribution in [0.25, 0.3) is 23.1 Å². The molecule has 0 aliphatic rings. The number of nitrogens with one attached hydrogen (secondary N) is 6. The number of nitrogens with two attached hydrogens (primary N) is 1. The van der Waals surface area contributed by atoms with Gasteiger partial charge in [0.1, 0.15) is 11.4 Å². The fraction of sp³-hybridized carbons (Fsp3) is 0.0645. The Morgan fingerprint density at radius 3 is 2.17 bits per heavy atom. The minimum atomic E-state index is -0.448. The molecule has 11 heteroatoms. The molecule has 0 atom stereocenters. The highest BCUT2D eigenvalue weighted by Crippen LogP contribution is 2.17. The molecule has 8 N–H and O–H groups in total. The summed E-state index contributed by atoms with van der Waals surface area (Å²) in [7, 11) is 0. The minimum Gasteiger partial charge on any atom is -0.388 e. The zero-order valence-corrected chi connectivity index (χ0v) is 22.4. The molecule has 3 aromatic heterocycles. The van der Waals surface area contributed by atoms with E-state index in [0.717, 1.165) is 22.0 Å². The molecule has 0 aliphatic heterocycles. The minimum absolute atomic E-state index is 0.0201. The lowest BCUT2D eigenvalue weighted by Gasteiger charge is -2.03. The molecule has 3 heterocycles. The molecule has 0 spiro atoms. The SMILES string of the molecule is N=C(N)CCNC(=O)c1cc(NC(=O)c2cc(NC(=O)c3ccc(/C=C/c4cnc5ccccc5c4)cc3)c[nH]2)c[nH]1. The Bertz CT molecular complexity index is 1800. The van der Waals surface area contributed by atoms with Crippen LogP contribution in [0.2, 0.25) is 0 Å². The number of amidine groups is 1. The number of pyridine rings is 1. The molecular weight excluding hydrogens is 532 g/mol. The van der Waals surface area contributed by atoms with Crippen molar-refractivity contribution in [3.8, 4) is 0 Å². The highest BCUT2D eigenvalue weighted by molar-refractivity contribution is 6.07. The lowest BCUT2D eigenvalue weighted by atomic mass is 10.1. The van der Waals surface area contributed by atoms with Gasteiger partial charge in [-0.15, -0.1) is 0 Å². The fourth-order valence-electron chi connectivity index (χ4n) is 4.12. The summed E-state index contributed by atoms with van der Waals surface area (Å²) >= 11 is 0. The van der Waals surface area contributed by atoms with E-state index >= 15 is 0 Å². The molecule has 5 aromatic rings. The van der Waals surface area contributed by atoms with Crippen LogP contribution in [0.4, 0.5) is 11.4 Å². The molecular formula is C31H28N8O3. The van der Waals surface area contributed by atoms with Crippen molar-refractivity contribution >= 4 is 58.0 Å². The van der Waals surface area contributed by atoms with Gasteiger partial charge in [0.05, 0.1) is 22.7 Å². The van der Waals surface area contributed by atoms with Crippen molar-refractivity contribution < 1.29 is 14.4 Å². The molecule has 0 bridgehead atoms. The summed E-state index contributed by atoms with van der Waals surface area (Å²) in [6, 6.07) is 20.2. The smallest absolute Gasteiger partial charge is 0.272 e. The normalized spacial score (nSPS) is 11.0. The molecule has 210 valence electrons. The van der Waals surface area contributed by atoms with Gasteiger partial charge in [-0.25, -0.2) is 0 Å². The van der Waals surface area contributed by atoms with Crippen molar-refractivity contribution in [2.75, 3.05) is 17.2 Å². The number of aromatic amines is 2. The van der Waals surface area contributed by atoms with Gasteiger partial charge in [0.2, 0.25) is 0 Å². The first-order chi connectivity index (χ1) is 20.3. The van der Waals surface area contributed by atoms with Crippen LogP contribution in [0.15, 0.2) is 85.3 Å². The number of H-pyrrole nitrogens is 2. The van der Waals surface area contributed by atoms with E-state index in [9.17, 15) is 14.4 Å². The highest BCUT2D eigenvalue weighted by atomic mass is 16.2. The maximum atomic E-state index is 12.8. The van der Waals surface area contributed by atoms with Crippen LogP contribution in [0.3, 0.4) is 0 Å². The Kier molecular flexibility index (Phi) is 8.19. The monoisotopic (exact) mass is 560 g/mol. The van der Waals surface area contributed by atoms with Crippen molar-refractivity contribution in [2.24, 2.45) is 5.73 Å². The van der Waals surface area contributed by atoms with Crippen molar-refractivity contribution in [1.82, 2.24) is 20.3 Å². The average Bonchev–Trinajstić information content (AvgIpc) is 3.66. The predicted octanol–water partition coefficient (Wildman–Crippen LogP) is 4.62. The van der Waals surface area contributed by atoms with Crippen molar-refractivity contribution in [3.05, 3.63) is 113 Å². The first-order valence-electron chi connectivity index (χ1n) is 13.1. The zero-order chi connectivity index (χ0) is 29.5. The van der Waals surface area contributed by atoms with E-state index in [2.05, 4.69) is 37.0 Å². The predicted molar refractivity (Wildman–Crippen MR) is 163 cm³/mol. The Hall–Kier alpha value is -5.97. The number of carbonyl (C=O) groups excluding carboxylic acids is 3. The lowest BCUT2D eigenvalue weighted by molar-refractivity contribution is 0.0948. The van der Waals surface area contributed by atoms with Crippen LogP contribution in [0.5, 0.6) is 0 Å². The number of amides is 3. The van der Waals surface area contributed by atoms with Gasteiger partial charge in [0.25, 0.3) is 17.7 Å². The molecule has 42 heavy (non-hydrogen) atoms. The third-order valence-electron chi connectivity index (χ3n) is 6.30. The molecule has 0 radical (unpaired) electrons. The molecule has 0 saturated carbocycles. The van der Waals surface area contributed by atoms with Gasteiger partial charge in [-0.3, -0.25) is 24.8 Å². The second-order valence-corrected chi connectivity index (χ2v) is 9.46. The standard InChI is InChI=1S/C31H28N8O3/c32-28(33)11-12-34-30(41)26-14-24(18-36-26)39-31(42)27-15-23(17-37-27)38-29(40)21-9-7-19(8-10-21)5-6-20-13-22-3-1-2-4-25(22)35-16-20/h1-10,13-18,36-37H,11-12H2,(H3,32,33)(H,34,41)(H,38,40)(H,39,42)/b6-5+. The van der Waals surface area contributed by atoms with Crippen molar-refractivity contribution in [3.63, 3.8) is 0 Å². The van der Waals surface area contributed by atoms with E-state index in [1.165, 1.54) is 24.5 Å². The van der Waals surface area contributed by atoms with E-state index in [-0.39, 0.29) is 42.0 Å². The van der Waals surface area contributed by atoms with Gasteiger partial charge in [0, 0.05) is 42.5 Å². The molecule has 0 aliphatic carbocycles. The maximum absolute atomic E-state index is 12.8. The number of fused-ring (bicyclic) bond motifs is 1. The molecule has 11 nitrogen and oxygen atoms in total. The number of hydrogen-bond donors (Lipinski definition) is 7. The number of nitrogens with zero attached hydrogens (tertiary/aromatic N) is 1. The summed E-state index contributed by atoms with van der Waals surface area (Å²) in [4.78, 5) is 47.7. The van der Waals surface area contributed by atoms with Crippen LogP contribution in [-0.2, 0) is 0 Å². The molecule has 0 saturated heterocycles. The number of carbonyl (C=O) groups is 3. The number of hydrogen-bond acceptors (Lipinski definition) is 5. The van der Waals surface area contributed by atoms with E-state index in [1.54, 1.807) is 12.1 Å². The molecule has 0 fully saturated rings. The number of anilines is 2. The van der Waals surface area contributed by atoms with Crippen LogP contribution in [-0.4, -0.2) is 45.1 Å². The summed E-state index contributed by atoms with van der Waals surface area (Å²) < 4.78 is 0. The number of rotatable bonds is 10. The Morgan fingerprint density at radius 2 is 1.45 bits per heavy atom. The summed E-state index contributed by atoms with van der Waals surface area (Å²) in [6.45, 7) is 0.233. The summed E-state index contributed by atoms with van der Waals surface area (Å²) in [5.41, 5.74) is 9.90. The van der Waals surface area contributed by atoms with E-state index < -0.39 is 5.91 Å². The molecule has 0 unspecified atom stereocenters. The number of para-hydroxylation sites is 1. The second kappa shape index (κ2) is 12.5. The third kappa shape index (κ3) is 6.96. The van der Waals surface area contributed by atoms with Crippen LogP contribution in [0.1, 0.15) is 48.9 Å². The first kappa shape index (κ1) is 27.6. The Labute approximate surface area is 240 Å². The number of aromatic nitrogens is 3. The van der Waals surface area contributed by atoms with Crippen LogP contribution >= 0.6 is 0 Å². The van der Waals surface area contributed by atoms with Crippen molar-refractivity contribution in [1.29, 1.82) is 5.41 Å². The van der Waals surface area contributed by atoms with Gasteiger partial charge >= 0.3 is 0 Å². The topological polar surface area (TPSA) is 182 Å². The van der Waals surface area contributed by atoms with E-state index in [4.69, 9.17) is 11.1 Å². The lowest BCUT2D eigenvalue weighted by Crippen LogP contribution is -2.27. The maximum Gasteiger partial charge on any atom is 0.272 e. The second-order valence-electron chi connectivity index (χ2n) is 9.46. The average molecular weight is 561 g/mol.